The van der Waals surface area contributed by atoms with Gasteiger partial charge in [-0.3, -0.25) is 0 Å². The molecule has 1 atom stereocenters. The largest absolute Gasteiger partial charge is 0.492 e. The van der Waals surface area contributed by atoms with Crippen molar-refractivity contribution in [3.8, 4) is 5.75 Å². The second-order valence-electron chi connectivity index (χ2n) is 3.93. The minimum Gasteiger partial charge on any atom is -0.492 e. The van der Waals surface area contributed by atoms with Crippen LogP contribution in [0.2, 0.25) is 5.02 Å². The lowest BCUT2D eigenvalue weighted by molar-refractivity contribution is 0.294. The summed E-state index contributed by atoms with van der Waals surface area (Å²) in [7, 11) is 0. The molecule has 0 heterocycles. The van der Waals surface area contributed by atoms with Crippen LogP contribution in [-0.4, -0.2) is 6.61 Å². The van der Waals surface area contributed by atoms with Crippen molar-refractivity contribution in [3.05, 3.63) is 29.3 Å². The van der Waals surface area contributed by atoms with Gasteiger partial charge < -0.3 is 4.74 Å². The Morgan fingerprint density at radius 3 is 2.73 bits per heavy atom. The van der Waals surface area contributed by atoms with E-state index in [-0.39, 0.29) is 0 Å². The normalized spacial score (nSPS) is 12.5. The van der Waals surface area contributed by atoms with Crippen LogP contribution in [0, 0.1) is 5.92 Å². The highest BCUT2D eigenvalue weighted by Gasteiger charge is 2.01. The van der Waals surface area contributed by atoms with Crippen LogP contribution in [0.25, 0.3) is 0 Å². The van der Waals surface area contributed by atoms with Gasteiger partial charge in [0, 0.05) is 0 Å². The molecular weight excluding hydrogens is 208 g/mol. The Hall–Kier alpha value is -0.690. The minimum absolute atomic E-state index is 0.695. The predicted octanol–water partition coefficient (Wildman–Crippen LogP) is 4.55. The molecule has 0 aliphatic carbocycles. The maximum atomic E-state index is 5.97. The highest BCUT2D eigenvalue weighted by Crippen LogP contribution is 2.23. The number of rotatable bonds is 6. The molecule has 0 fully saturated rings. The molecule has 84 valence electrons. The zero-order chi connectivity index (χ0) is 11.1. The van der Waals surface area contributed by atoms with Crippen LogP contribution in [0.5, 0.6) is 5.75 Å². The Balaban J connectivity index is 2.23. The molecule has 0 aliphatic rings. The maximum absolute atomic E-state index is 5.97. The number of hydrogen-bond acceptors (Lipinski definition) is 1. The van der Waals surface area contributed by atoms with Gasteiger partial charge in [0.05, 0.1) is 11.6 Å². The van der Waals surface area contributed by atoms with Crippen molar-refractivity contribution in [2.75, 3.05) is 6.61 Å². The van der Waals surface area contributed by atoms with Crippen molar-refractivity contribution in [2.24, 2.45) is 5.92 Å². The lowest BCUT2D eigenvalue weighted by Gasteiger charge is -2.10. The number of hydrogen-bond donors (Lipinski definition) is 0. The first-order valence-corrected chi connectivity index (χ1v) is 5.99. The van der Waals surface area contributed by atoms with E-state index in [4.69, 9.17) is 16.3 Å². The monoisotopic (exact) mass is 226 g/mol. The zero-order valence-electron chi connectivity index (χ0n) is 9.50. The third-order valence-corrected chi connectivity index (χ3v) is 2.94. The summed E-state index contributed by atoms with van der Waals surface area (Å²) in [5.74, 6) is 1.59. The summed E-state index contributed by atoms with van der Waals surface area (Å²) in [4.78, 5) is 0. The second-order valence-corrected chi connectivity index (χ2v) is 4.34. The van der Waals surface area contributed by atoms with Crippen molar-refractivity contribution in [1.29, 1.82) is 0 Å². The molecular formula is C13H19ClO. The minimum atomic E-state index is 0.695. The van der Waals surface area contributed by atoms with E-state index in [1.165, 1.54) is 12.8 Å². The molecule has 0 saturated carbocycles. The number of halogens is 1. The molecule has 1 aromatic carbocycles. The van der Waals surface area contributed by atoms with Crippen molar-refractivity contribution in [2.45, 2.75) is 33.1 Å². The lowest BCUT2D eigenvalue weighted by atomic mass is 10.0. The average Bonchev–Trinajstić information content (AvgIpc) is 2.26. The standard InChI is InChI=1S/C13H19ClO/c1-3-11(2)7-6-10-15-13-9-5-4-8-12(13)14/h4-5,8-9,11H,3,6-7,10H2,1-2H3. The van der Waals surface area contributed by atoms with Crippen molar-refractivity contribution < 1.29 is 4.74 Å². The fraction of sp³-hybridized carbons (Fsp3) is 0.538. The molecule has 15 heavy (non-hydrogen) atoms. The smallest absolute Gasteiger partial charge is 0.137 e. The summed E-state index contributed by atoms with van der Waals surface area (Å²) in [6.45, 7) is 5.25. The number of para-hydroxylation sites is 1. The fourth-order valence-electron chi connectivity index (χ4n) is 1.38. The summed E-state index contributed by atoms with van der Waals surface area (Å²) >= 11 is 5.97. The fourth-order valence-corrected chi connectivity index (χ4v) is 1.57. The maximum Gasteiger partial charge on any atom is 0.137 e. The summed E-state index contributed by atoms with van der Waals surface area (Å²) in [6, 6.07) is 7.61. The first kappa shape index (κ1) is 12.4. The van der Waals surface area contributed by atoms with Gasteiger partial charge in [-0.1, -0.05) is 44.0 Å². The van der Waals surface area contributed by atoms with Gasteiger partial charge in [-0.05, 0) is 30.9 Å². The van der Waals surface area contributed by atoms with Crippen LogP contribution < -0.4 is 4.74 Å². The van der Waals surface area contributed by atoms with Crippen LogP contribution in [0.4, 0.5) is 0 Å². The molecule has 0 amide bonds. The van der Waals surface area contributed by atoms with E-state index in [0.717, 1.165) is 24.7 Å². The van der Waals surface area contributed by atoms with Gasteiger partial charge in [0.25, 0.3) is 0 Å². The summed E-state index contributed by atoms with van der Waals surface area (Å²) in [5.41, 5.74) is 0. The van der Waals surface area contributed by atoms with Gasteiger partial charge in [-0.15, -0.1) is 0 Å². The molecule has 1 unspecified atom stereocenters. The SMILES string of the molecule is CCC(C)CCCOc1ccccc1Cl. The van der Waals surface area contributed by atoms with E-state index in [2.05, 4.69) is 13.8 Å². The third-order valence-electron chi connectivity index (χ3n) is 2.63. The summed E-state index contributed by atoms with van der Waals surface area (Å²) in [5, 5.41) is 0.695. The van der Waals surface area contributed by atoms with Gasteiger partial charge in [0.15, 0.2) is 0 Å². The first-order valence-electron chi connectivity index (χ1n) is 5.61. The van der Waals surface area contributed by atoms with Crippen molar-refractivity contribution >= 4 is 11.6 Å². The number of benzene rings is 1. The van der Waals surface area contributed by atoms with E-state index in [1.807, 2.05) is 24.3 Å². The molecule has 1 rings (SSSR count). The highest BCUT2D eigenvalue weighted by atomic mass is 35.5. The number of ether oxygens (including phenoxy) is 1. The Bertz CT molecular complexity index is 286. The highest BCUT2D eigenvalue weighted by molar-refractivity contribution is 6.32. The summed E-state index contributed by atoms with van der Waals surface area (Å²) < 4.78 is 5.60. The molecule has 0 N–H and O–H groups in total. The van der Waals surface area contributed by atoms with Crippen LogP contribution in [0.1, 0.15) is 33.1 Å². The van der Waals surface area contributed by atoms with E-state index in [9.17, 15) is 0 Å². The first-order chi connectivity index (χ1) is 7.24. The molecule has 0 radical (unpaired) electrons. The molecule has 1 aromatic rings. The van der Waals surface area contributed by atoms with Crippen LogP contribution in [0.3, 0.4) is 0 Å². The zero-order valence-corrected chi connectivity index (χ0v) is 10.3. The lowest BCUT2D eigenvalue weighted by Crippen LogP contribution is -2.01. The molecule has 0 bridgehead atoms. The Morgan fingerprint density at radius 1 is 1.33 bits per heavy atom. The molecule has 0 aromatic heterocycles. The van der Waals surface area contributed by atoms with Crippen LogP contribution >= 0.6 is 11.6 Å². The van der Waals surface area contributed by atoms with Gasteiger partial charge in [-0.25, -0.2) is 0 Å². The molecule has 2 heteroatoms. The third kappa shape index (κ3) is 4.57. The average molecular weight is 227 g/mol. The van der Waals surface area contributed by atoms with E-state index >= 15 is 0 Å². The Kier molecular flexibility index (Phi) is 5.56. The topological polar surface area (TPSA) is 9.23 Å². The van der Waals surface area contributed by atoms with Gasteiger partial charge in [0.2, 0.25) is 0 Å². The predicted molar refractivity (Wildman–Crippen MR) is 65.6 cm³/mol. The molecule has 0 spiro atoms. The molecule has 0 saturated heterocycles. The Morgan fingerprint density at radius 2 is 2.07 bits per heavy atom. The quantitative estimate of drug-likeness (QED) is 0.647. The van der Waals surface area contributed by atoms with Crippen LogP contribution in [0.15, 0.2) is 24.3 Å². The molecule has 0 aliphatic heterocycles. The van der Waals surface area contributed by atoms with Gasteiger partial charge in [0.1, 0.15) is 5.75 Å². The van der Waals surface area contributed by atoms with Crippen LogP contribution in [-0.2, 0) is 0 Å². The van der Waals surface area contributed by atoms with E-state index < -0.39 is 0 Å². The Labute approximate surface area is 97.4 Å². The summed E-state index contributed by atoms with van der Waals surface area (Å²) in [6.07, 6.45) is 3.56. The van der Waals surface area contributed by atoms with E-state index in [0.29, 0.717) is 5.02 Å². The van der Waals surface area contributed by atoms with Gasteiger partial charge >= 0.3 is 0 Å². The van der Waals surface area contributed by atoms with Gasteiger partial charge in [-0.2, -0.15) is 0 Å². The second kappa shape index (κ2) is 6.73. The van der Waals surface area contributed by atoms with Crippen molar-refractivity contribution in [1.82, 2.24) is 0 Å². The van der Waals surface area contributed by atoms with Crippen molar-refractivity contribution in [3.63, 3.8) is 0 Å². The molecule has 1 nitrogen and oxygen atoms in total. The van der Waals surface area contributed by atoms with E-state index in [1.54, 1.807) is 0 Å².